The first-order valence-electron chi connectivity index (χ1n) is 10.8. The molecule has 35 heavy (non-hydrogen) atoms. The van der Waals surface area contributed by atoms with Crippen molar-refractivity contribution >= 4 is 46.5 Å². The third-order valence-corrected chi connectivity index (χ3v) is 5.86. The van der Waals surface area contributed by atoms with Gasteiger partial charge in [0.15, 0.2) is 0 Å². The van der Waals surface area contributed by atoms with Gasteiger partial charge in [-0.25, -0.2) is 4.68 Å². The summed E-state index contributed by atoms with van der Waals surface area (Å²) in [5.74, 6) is -0.561. The van der Waals surface area contributed by atoms with E-state index in [0.29, 0.717) is 16.5 Å². The number of non-ortho nitro benzene ring substituents is 1. The number of nitro groups is 1. The number of hydrogen-bond acceptors (Lipinski definition) is 5. The zero-order valence-electron chi connectivity index (χ0n) is 19.7. The van der Waals surface area contributed by atoms with Gasteiger partial charge >= 0.3 is 0 Å². The van der Waals surface area contributed by atoms with Crippen LogP contribution in [-0.2, 0) is 10.2 Å². The molecule has 0 aliphatic rings. The maximum atomic E-state index is 13.0. The summed E-state index contributed by atoms with van der Waals surface area (Å²) in [6.07, 6.45) is 0. The second-order valence-electron chi connectivity index (χ2n) is 8.82. The van der Waals surface area contributed by atoms with Crippen molar-refractivity contribution in [1.29, 1.82) is 0 Å². The van der Waals surface area contributed by atoms with E-state index in [4.69, 9.17) is 23.2 Å². The van der Waals surface area contributed by atoms with Crippen LogP contribution >= 0.6 is 23.2 Å². The van der Waals surface area contributed by atoms with Crippen molar-refractivity contribution in [2.75, 3.05) is 18.4 Å². The number of benzene rings is 2. The van der Waals surface area contributed by atoms with Crippen LogP contribution in [0.15, 0.2) is 48.5 Å². The second-order valence-corrected chi connectivity index (χ2v) is 9.63. The molecule has 0 radical (unpaired) electrons. The van der Waals surface area contributed by atoms with Gasteiger partial charge < -0.3 is 10.2 Å². The van der Waals surface area contributed by atoms with Gasteiger partial charge in [0.25, 0.3) is 11.6 Å². The molecule has 3 rings (SSSR count). The predicted molar refractivity (Wildman–Crippen MR) is 136 cm³/mol. The minimum absolute atomic E-state index is 0.0605. The van der Waals surface area contributed by atoms with Crippen molar-refractivity contribution in [3.8, 4) is 5.69 Å². The van der Waals surface area contributed by atoms with E-state index in [-0.39, 0.29) is 34.8 Å². The third kappa shape index (κ3) is 5.98. The maximum absolute atomic E-state index is 13.0. The molecule has 0 aliphatic heterocycles. The lowest BCUT2D eigenvalue weighted by Crippen LogP contribution is -2.38. The Hall–Kier alpha value is -3.43. The molecule has 0 atom stereocenters. The summed E-state index contributed by atoms with van der Waals surface area (Å²) in [5.41, 5.74) is 0.900. The first-order chi connectivity index (χ1) is 16.4. The van der Waals surface area contributed by atoms with Crippen LogP contribution < -0.4 is 5.32 Å². The Morgan fingerprint density at radius 1 is 1.11 bits per heavy atom. The van der Waals surface area contributed by atoms with E-state index in [0.717, 1.165) is 11.8 Å². The normalized spacial score (nSPS) is 11.3. The molecule has 184 valence electrons. The second kappa shape index (κ2) is 10.5. The Kier molecular flexibility index (Phi) is 7.82. The summed E-state index contributed by atoms with van der Waals surface area (Å²) in [7, 11) is 0. The van der Waals surface area contributed by atoms with Crippen molar-refractivity contribution in [3.05, 3.63) is 79.9 Å². The van der Waals surface area contributed by atoms with Crippen LogP contribution in [0.5, 0.6) is 0 Å². The lowest BCUT2D eigenvalue weighted by atomic mass is 9.92. The number of hydrogen-bond donors (Lipinski definition) is 1. The number of aromatic nitrogens is 2. The number of carbonyl (C=O) groups excluding carboxylic acids is 2. The standard InChI is InChI=1S/C24H25Cl2N5O4/c1-5-29(23(33)16-11-10-15(31(34)35)12-18(16)26)14-22(32)27-21-13-20(24(2,3)4)28-30(21)19-9-7-6-8-17(19)25/h6-13H,5,14H2,1-4H3,(H,27,32). The fourth-order valence-corrected chi connectivity index (χ4v) is 3.76. The molecule has 9 nitrogen and oxygen atoms in total. The Morgan fingerprint density at radius 2 is 1.80 bits per heavy atom. The molecule has 2 amide bonds. The largest absolute Gasteiger partial charge is 0.330 e. The van der Waals surface area contributed by atoms with E-state index in [2.05, 4.69) is 10.4 Å². The molecule has 0 unspecified atom stereocenters. The molecule has 11 heteroatoms. The summed E-state index contributed by atoms with van der Waals surface area (Å²) < 4.78 is 1.56. The zero-order chi connectivity index (χ0) is 25.9. The summed E-state index contributed by atoms with van der Waals surface area (Å²) in [6, 6.07) is 12.5. The van der Waals surface area contributed by atoms with Crippen LogP contribution in [0.25, 0.3) is 5.69 Å². The lowest BCUT2D eigenvalue weighted by molar-refractivity contribution is -0.384. The number of rotatable bonds is 7. The first-order valence-corrected chi connectivity index (χ1v) is 11.6. The van der Waals surface area contributed by atoms with Gasteiger partial charge in [0, 0.05) is 30.2 Å². The van der Waals surface area contributed by atoms with Gasteiger partial charge in [0.2, 0.25) is 5.91 Å². The highest BCUT2D eigenvalue weighted by molar-refractivity contribution is 6.34. The molecular formula is C24H25Cl2N5O4. The average molecular weight is 518 g/mol. The average Bonchev–Trinajstić information content (AvgIpc) is 3.21. The first kappa shape index (κ1) is 26.2. The fourth-order valence-electron chi connectivity index (χ4n) is 3.29. The summed E-state index contributed by atoms with van der Waals surface area (Å²) >= 11 is 12.5. The summed E-state index contributed by atoms with van der Waals surface area (Å²) in [5, 5.41) is 18.8. The fraction of sp³-hybridized carbons (Fsp3) is 0.292. The van der Waals surface area contributed by atoms with Crippen molar-refractivity contribution in [1.82, 2.24) is 14.7 Å². The van der Waals surface area contributed by atoms with E-state index in [1.54, 1.807) is 35.9 Å². The number of para-hydroxylation sites is 1. The number of amides is 2. The van der Waals surface area contributed by atoms with E-state index in [9.17, 15) is 19.7 Å². The quantitative estimate of drug-likeness (QED) is 0.329. The van der Waals surface area contributed by atoms with Gasteiger partial charge in [-0.2, -0.15) is 5.10 Å². The monoisotopic (exact) mass is 517 g/mol. The SMILES string of the molecule is CCN(CC(=O)Nc1cc(C(C)(C)C)nn1-c1ccccc1Cl)C(=O)c1ccc([N+](=O)[O-])cc1Cl. The molecule has 1 heterocycles. The number of halogens is 2. The van der Waals surface area contributed by atoms with Crippen molar-refractivity contribution < 1.29 is 14.5 Å². The Morgan fingerprint density at radius 3 is 2.37 bits per heavy atom. The number of carbonyl (C=O) groups is 2. The molecule has 0 spiro atoms. The van der Waals surface area contributed by atoms with Crippen molar-refractivity contribution in [2.45, 2.75) is 33.1 Å². The summed E-state index contributed by atoms with van der Waals surface area (Å²) in [4.78, 5) is 37.6. The lowest BCUT2D eigenvalue weighted by Gasteiger charge is -2.21. The molecule has 0 fully saturated rings. The zero-order valence-corrected chi connectivity index (χ0v) is 21.2. The van der Waals surface area contributed by atoms with Crippen LogP contribution in [0.4, 0.5) is 11.5 Å². The highest BCUT2D eigenvalue weighted by Crippen LogP contribution is 2.29. The van der Waals surface area contributed by atoms with Gasteiger partial charge in [-0.1, -0.05) is 56.1 Å². The number of nitrogens with zero attached hydrogens (tertiary/aromatic N) is 4. The van der Waals surface area contributed by atoms with E-state index < -0.39 is 16.7 Å². The number of likely N-dealkylation sites (N-methyl/N-ethyl adjacent to an activating group) is 1. The van der Waals surface area contributed by atoms with Crippen LogP contribution in [0, 0.1) is 10.1 Å². The predicted octanol–water partition coefficient (Wildman–Crippen LogP) is 5.49. The molecule has 1 N–H and O–H groups in total. The highest BCUT2D eigenvalue weighted by atomic mass is 35.5. The number of anilines is 1. The van der Waals surface area contributed by atoms with Crippen LogP contribution in [-0.4, -0.2) is 44.5 Å². The van der Waals surface area contributed by atoms with Gasteiger partial charge in [-0.05, 0) is 25.1 Å². The molecule has 0 aliphatic carbocycles. The van der Waals surface area contributed by atoms with Gasteiger partial charge in [0.1, 0.15) is 12.4 Å². The van der Waals surface area contributed by atoms with Gasteiger partial charge in [0.05, 0.1) is 31.9 Å². The molecule has 3 aromatic rings. The number of nitrogens with one attached hydrogen (secondary N) is 1. The van der Waals surface area contributed by atoms with E-state index in [1.165, 1.54) is 17.0 Å². The molecule has 1 aromatic heterocycles. The highest BCUT2D eigenvalue weighted by Gasteiger charge is 2.25. The smallest absolute Gasteiger partial charge is 0.270 e. The van der Waals surface area contributed by atoms with Gasteiger partial charge in [-0.15, -0.1) is 0 Å². The Bertz CT molecular complexity index is 1280. The molecular weight excluding hydrogens is 493 g/mol. The van der Waals surface area contributed by atoms with Crippen LogP contribution in [0.1, 0.15) is 43.7 Å². The van der Waals surface area contributed by atoms with Crippen molar-refractivity contribution in [3.63, 3.8) is 0 Å². The minimum atomic E-state index is -0.598. The molecule has 0 bridgehead atoms. The van der Waals surface area contributed by atoms with E-state index in [1.807, 2.05) is 26.8 Å². The third-order valence-electron chi connectivity index (χ3n) is 5.22. The molecule has 0 saturated heterocycles. The van der Waals surface area contributed by atoms with Crippen LogP contribution in [0.2, 0.25) is 10.0 Å². The minimum Gasteiger partial charge on any atom is -0.330 e. The number of nitro benzene ring substituents is 1. The van der Waals surface area contributed by atoms with E-state index >= 15 is 0 Å². The molecule has 0 saturated carbocycles. The van der Waals surface area contributed by atoms with Crippen LogP contribution in [0.3, 0.4) is 0 Å². The topological polar surface area (TPSA) is 110 Å². The van der Waals surface area contributed by atoms with Gasteiger partial charge in [-0.3, -0.25) is 19.7 Å². The maximum Gasteiger partial charge on any atom is 0.270 e. The Labute approximate surface area is 212 Å². The summed E-state index contributed by atoms with van der Waals surface area (Å²) in [6.45, 7) is 7.68. The Balaban J connectivity index is 1.85. The molecule has 2 aromatic carbocycles. The van der Waals surface area contributed by atoms with Crippen molar-refractivity contribution in [2.24, 2.45) is 0 Å².